The summed E-state index contributed by atoms with van der Waals surface area (Å²) in [4.78, 5) is 11.9. The molecular weight excluding hydrogens is 278 g/mol. The van der Waals surface area contributed by atoms with Crippen molar-refractivity contribution in [2.24, 2.45) is 0 Å². The molecule has 0 aliphatic rings. The molecule has 0 unspecified atom stereocenters. The molecule has 6 heteroatoms. The zero-order valence-corrected chi connectivity index (χ0v) is 12.3. The number of hydrogen-bond donors (Lipinski definition) is 2. The third-order valence-electron chi connectivity index (χ3n) is 2.97. The van der Waals surface area contributed by atoms with E-state index in [-0.39, 0.29) is 12.5 Å². The summed E-state index contributed by atoms with van der Waals surface area (Å²) in [5.41, 5.74) is 3.07. The minimum Gasteiger partial charge on any atom is -0.483 e. The van der Waals surface area contributed by atoms with Crippen molar-refractivity contribution in [1.82, 2.24) is 10.2 Å². The molecule has 0 fully saturated rings. The second-order valence-electron chi connectivity index (χ2n) is 4.51. The van der Waals surface area contributed by atoms with E-state index in [1.54, 1.807) is 18.2 Å². The Labute approximate surface area is 122 Å². The molecule has 20 heavy (non-hydrogen) atoms. The van der Waals surface area contributed by atoms with Crippen molar-refractivity contribution in [3.63, 3.8) is 0 Å². The van der Waals surface area contributed by atoms with Gasteiger partial charge < -0.3 is 10.1 Å². The van der Waals surface area contributed by atoms with E-state index >= 15 is 0 Å². The predicted octanol–water partition coefficient (Wildman–Crippen LogP) is 3.01. The molecule has 2 aromatic rings. The molecule has 1 heterocycles. The molecule has 1 aromatic carbocycles. The van der Waals surface area contributed by atoms with Gasteiger partial charge in [0.2, 0.25) is 0 Å². The molecule has 0 aliphatic carbocycles. The summed E-state index contributed by atoms with van der Waals surface area (Å²) in [5, 5.41) is 10.2. The average molecular weight is 294 g/mol. The van der Waals surface area contributed by atoms with Gasteiger partial charge >= 0.3 is 0 Å². The minimum absolute atomic E-state index is 0.0781. The SMILES string of the molecule is Cc1n[nH]c(C)c1NC(=O)COc1cccc(Cl)c1C. The van der Waals surface area contributed by atoms with Crippen LogP contribution in [0.2, 0.25) is 5.02 Å². The Morgan fingerprint density at radius 3 is 2.80 bits per heavy atom. The maximum Gasteiger partial charge on any atom is 0.262 e. The van der Waals surface area contributed by atoms with Crippen LogP contribution in [0.25, 0.3) is 0 Å². The van der Waals surface area contributed by atoms with Gasteiger partial charge in [-0.25, -0.2) is 0 Å². The predicted molar refractivity (Wildman–Crippen MR) is 78.4 cm³/mol. The first kappa shape index (κ1) is 14.4. The van der Waals surface area contributed by atoms with Crippen molar-refractivity contribution in [2.75, 3.05) is 11.9 Å². The number of halogens is 1. The molecule has 2 rings (SSSR count). The third-order valence-corrected chi connectivity index (χ3v) is 3.38. The highest BCUT2D eigenvalue weighted by Crippen LogP contribution is 2.25. The maximum absolute atomic E-state index is 11.9. The Bertz CT molecular complexity index is 618. The second kappa shape index (κ2) is 5.96. The van der Waals surface area contributed by atoms with Crippen molar-refractivity contribution >= 4 is 23.2 Å². The number of aromatic amines is 1. The molecule has 0 bridgehead atoms. The zero-order valence-electron chi connectivity index (χ0n) is 11.6. The normalized spacial score (nSPS) is 10.4. The molecule has 0 radical (unpaired) electrons. The number of nitrogens with zero attached hydrogens (tertiary/aromatic N) is 1. The van der Waals surface area contributed by atoms with Crippen LogP contribution >= 0.6 is 11.6 Å². The van der Waals surface area contributed by atoms with Gasteiger partial charge in [-0.3, -0.25) is 9.89 Å². The summed E-state index contributed by atoms with van der Waals surface area (Å²) in [6.45, 7) is 5.43. The Morgan fingerprint density at radius 1 is 1.40 bits per heavy atom. The molecule has 0 atom stereocenters. The number of aryl methyl sites for hydroxylation is 2. The zero-order chi connectivity index (χ0) is 14.7. The van der Waals surface area contributed by atoms with Gasteiger partial charge in [0.05, 0.1) is 17.1 Å². The van der Waals surface area contributed by atoms with Crippen molar-refractivity contribution < 1.29 is 9.53 Å². The fourth-order valence-corrected chi connectivity index (χ4v) is 1.96. The van der Waals surface area contributed by atoms with Crippen molar-refractivity contribution in [3.05, 3.63) is 40.2 Å². The molecule has 0 aliphatic heterocycles. The molecule has 106 valence electrons. The first-order chi connectivity index (χ1) is 9.49. The molecule has 0 saturated heterocycles. The molecule has 0 saturated carbocycles. The Kier molecular flexibility index (Phi) is 4.29. The quantitative estimate of drug-likeness (QED) is 0.910. The van der Waals surface area contributed by atoms with Crippen LogP contribution in [0.3, 0.4) is 0 Å². The summed E-state index contributed by atoms with van der Waals surface area (Å²) in [5.74, 6) is 0.366. The van der Waals surface area contributed by atoms with Crippen LogP contribution in [-0.4, -0.2) is 22.7 Å². The maximum atomic E-state index is 11.9. The van der Waals surface area contributed by atoms with Gasteiger partial charge in [0.1, 0.15) is 5.75 Å². The first-order valence-electron chi connectivity index (χ1n) is 6.18. The van der Waals surface area contributed by atoms with Crippen molar-refractivity contribution in [2.45, 2.75) is 20.8 Å². The molecule has 1 aromatic heterocycles. The van der Waals surface area contributed by atoms with Crippen LogP contribution in [0.15, 0.2) is 18.2 Å². The van der Waals surface area contributed by atoms with E-state index in [4.69, 9.17) is 16.3 Å². The number of aromatic nitrogens is 2. The lowest BCUT2D eigenvalue weighted by atomic mass is 10.2. The number of rotatable bonds is 4. The number of anilines is 1. The molecular formula is C14H16ClN3O2. The minimum atomic E-state index is -0.239. The summed E-state index contributed by atoms with van der Waals surface area (Å²) >= 11 is 5.99. The summed E-state index contributed by atoms with van der Waals surface area (Å²) in [6.07, 6.45) is 0. The van der Waals surface area contributed by atoms with Crippen LogP contribution in [-0.2, 0) is 4.79 Å². The van der Waals surface area contributed by atoms with E-state index < -0.39 is 0 Å². The summed E-state index contributed by atoms with van der Waals surface area (Å²) in [6, 6.07) is 5.35. The van der Waals surface area contributed by atoms with Gasteiger partial charge in [-0.2, -0.15) is 5.10 Å². The lowest BCUT2D eigenvalue weighted by molar-refractivity contribution is -0.118. The topological polar surface area (TPSA) is 67.0 Å². The van der Waals surface area contributed by atoms with Gasteiger partial charge in [0.15, 0.2) is 6.61 Å². The molecule has 1 amide bonds. The summed E-state index contributed by atoms with van der Waals surface area (Å²) < 4.78 is 5.48. The number of benzene rings is 1. The van der Waals surface area contributed by atoms with Crippen LogP contribution in [0.4, 0.5) is 5.69 Å². The fourth-order valence-electron chi connectivity index (χ4n) is 1.80. The van der Waals surface area contributed by atoms with E-state index in [1.165, 1.54) is 0 Å². The van der Waals surface area contributed by atoms with E-state index in [1.807, 2.05) is 20.8 Å². The molecule has 0 spiro atoms. The van der Waals surface area contributed by atoms with Gasteiger partial charge in [0.25, 0.3) is 5.91 Å². The number of carbonyl (C=O) groups excluding carboxylic acids is 1. The van der Waals surface area contributed by atoms with Gasteiger partial charge in [-0.15, -0.1) is 0 Å². The van der Waals surface area contributed by atoms with Crippen molar-refractivity contribution in [1.29, 1.82) is 0 Å². The van der Waals surface area contributed by atoms with Crippen LogP contribution in [0.1, 0.15) is 17.0 Å². The lowest BCUT2D eigenvalue weighted by Crippen LogP contribution is -2.21. The van der Waals surface area contributed by atoms with E-state index in [2.05, 4.69) is 15.5 Å². The second-order valence-corrected chi connectivity index (χ2v) is 4.92. The highest BCUT2D eigenvalue weighted by molar-refractivity contribution is 6.31. The number of carbonyl (C=O) groups is 1. The van der Waals surface area contributed by atoms with Gasteiger partial charge in [0, 0.05) is 10.6 Å². The number of hydrogen-bond acceptors (Lipinski definition) is 3. The number of H-pyrrole nitrogens is 1. The third kappa shape index (κ3) is 3.11. The fraction of sp³-hybridized carbons (Fsp3) is 0.286. The van der Waals surface area contributed by atoms with E-state index in [0.717, 1.165) is 17.0 Å². The van der Waals surface area contributed by atoms with E-state index in [0.29, 0.717) is 16.5 Å². The number of ether oxygens (including phenoxy) is 1. The summed E-state index contributed by atoms with van der Waals surface area (Å²) in [7, 11) is 0. The first-order valence-corrected chi connectivity index (χ1v) is 6.56. The molecule has 5 nitrogen and oxygen atoms in total. The van der Waals surface area contributed by atoms with Crippen LogP contribution in [0.5, 0.6) is 5.75 Å². The van der Waals surface area contributed by atoms with E-state index in [9.17, 15) is 4.79 Å². The Balaban J connectivity index is 1.98. The number of nitrogens with one attached hydrogen (secondary N) is 2. The van der Waals surface area contributed by atoms with Gasteiger partial charge in [-0.1, -0.05) is 17.7 Å². The Morgan fingerprint density at radius 2 is 2.15 bits per heavy atom. The van der Waals surface area contributed by atoms with Crippen molar-refractivity contribution in [3.8, 4) is 5.75 Å². The smallest absolute Gasteiger partial charge is 0.262 e. The monoisotopic (exact) mass is 293 g/mol. The average Bonchev–Trinajstić information content (AvgIpc) is 2.72. The number of amides is 1. The highest BCUT2D eigenvalue weighted by Gasteiger charge is 2.11. The lowest BCUT2D eigenvalue weighted by Gasteiger charge is -2.10. The van der Waals surface area contributed by atoms with Crippen LogP contribution in [0, 0.1) is 20.8 Å². The molecule has 2 N–H and O–H groups in total. The largest absolute Gasteiger partial charge is 0.483 e. The standard InChI is InChI=1S/C14H16ClN3O2/c1-8-11(15)5-4-6-12(8)20-7-13(19)16-14-9(2)17-18-10(14)3/h4-6H,7H2,1-3H3,(H,16,19)(H,17,18). The highest BCUT2D eigenvalue weighted by atomic mass is 35.5. The van der Waals surface area contributed by atoms with Crippen LogP contribution < -0.4 is 10.1 Å². The van der Waals surface area contributed by atoms with Gasteiger partial charge in [-0.05, 0) is 32.9 Å². The Hall–Kier alpha value is -2.01.